The predicted molar refractivity (Wildman–Crippen MR) is 120 cm³/mol. The summed E-state index contributed by atoms with van der Waals surface area (Å²) in [5, 5.41) is 17.2. The Bertz CT molecular complexity index is 1030. The molecule has 170 valence electrons. The molecule has 4 aliphatic rings. The second kappa shape index (κ2) is 7.19. The van der Waals surface area contributed by atoms with E-state index in [0.29, 0.717) is 18.8 Å². The molecule has 0 radical (unpaired) electrons. The lowest BCUT2D eigenvalue weighted by Crippen LogP contribution is -2.62. The minimum atomic E-state index is -0.684. The topological polar surface area (TPSA) is 92.4 Å². The first-order valence-corrected chi connectivity index (χ1v) is 11.7. The van der Waals surface area contributed by atoms with Gasteiger partial charge in [-0.2, -0.15) is 0 Å². The Morgan fingerprint density at radius 3 is 2.25 bits per heavy atom. The number of aryl methyl sites for hydroxylation is 2. The monoisotopic (exact) mass is 436 g/mol. The van der Waals surface area contributed by atoms with E-state index in [1.165, 1.54) is 0 Å². The highest BCUT2D eigenvalue weighted by Gasteiger charge is 2.59. The number of aliphatic carboxylic acids is 1. The van der Waals surface area contributed by atoms with Crippen molar-refractivity contribution >= 4 is 11.9 Å². The number of carboxylic acid groups (broad SMARTS) is 1. The fourth-order valence-electron chi connectivity index (χ4n) is 6.93. The lowest BCUT2D eigenvalue weighted by atomic mass is 9.48. The van der Waals surface area contributed by atoms with Crippen LogP contribution < -0.4 is 5.32 Å². The number of amides is 1. The maximum Gasteiger partial charge on any atom is 0.309 e. The zero-order chi connectivity index (χ0) is 22.8. The SMILES string of the molecule is Cc1noc(C)c1-c1ccc(C(C)(C)C(=O)NC2C3CC4CC2CC(C(=O)O)(C4)C3)cc1. The summed E-state index contributed by atoms with van der Waals surface area (Å²) < 4.78 is 5.29. The van der Waals surface area contributed by atoms with Crippen molar-refractivity contribution in [1.82, 2.24) is 10.5 Å². The molecule has 0 saturated heterocycles. The smallest absolute Gasteiger partial charge is 0.309 e. The van der Waals surface area contributed by atoms with Gasteiger partial charge in [-0.05, 0) is 88.7 Å². The van der Waals surface area contributed by atoms with Gasteiger partial charge >= 0.3 is 5.97 Å². The molecule has 2 unspecified atom stereocenters. The number of carboxylic acids is 1. The van der Waals surface area contributed by atoms with Gasteiger partial charge in [0.25, 0.3) is 0 Å². The molecule has 1 aromatic heterocycles. The third-order valence-electron chi connectivity index (χ3n) is 8.52. The van der Waals surface area contributed by atoms with E-state index in [1.807, 2.05) is 52.0 Å². The highest BCUT2D eigenvalue weighted by molar-refractivity contribution is 5.88. The van der Waals surface area contributed by atoms with E-state index in [0.717, 1.165) is 47.4 Å². The predicted octanol–water partition coefficient (Wildman–Crippen LogP) is 4.63. The third-order valence-corrected chi connectivity index (χ3v) is 8.52. The minimum absolute atomic E-state index is 0.0180. The van der Waals surface area contributed by atoms with E-state index in [4.69, 9.17) is 4.52 Å². The van der Waals surface area contributed by atoms with Crippen LogP contribution in [-0.2, 0) is 15.0 Å². The van der Waals surface area contributed by atoms with Crippen LogP contribution in [0.25, 0.3) is 11.1 Å². The number of carbonyl (C=O) groups is 2. The highest BCUT2D eigenvalue weighted by atomic mass is 16.5. The number of aromatic nitrogens is 1. The highest BCUT2D eigenvalue weighted by Crippen LogP contribution is 2.60. The molecule has 2 atom stereocenters. The van der Waals surface area contributed by atoms with E-state index >= 15 is 0 Å². The first-order valence-electron chi connectivity index (χ1n) is 11.7. The molecular weight excluding hydrogens is 404 g/mol. The molecule has 1 amide bonds. The molecule has 0 spiro atoms. The van der Waals surface area contributed by atoms with Crippen molar-refractivity contribution in [3.05, 3.63) is 41.3 Å². The molecule has 4 saturated carbocycles. The van der Waals surface area contributed by atoms with Crippen molar-refractivity contribution in [2.45, 2.75) is 71.3 Å². The van der Waals surface area contributed by atoms with E-state index in [-0.39, 0.29) is 23.8 Å². The van der Waals surface area contributed by atoms with Crippen molar-refractivity contribution in [3.8, 4) is 11.1 Å². The van der Waals surface area contributed by atoms with Crippen molar-refractivity contribution < 1.29 is 19.2 Å². The Balaban J connectivity index is 1.33. The Kier molecular flexibility index (Phi) is 4.77. The largest absolute Gasteiger partial charge is 0.481 e. The molecule has 4 aliphatic carbocycles. The molecule has 0 aliphatic heterocycles. The Morgan fingerprint density at radius 1 is 1.09 bits per heavy atom. The number of benzene rings is 1. The Morgan fingerprint density at radius 2 is 1.72 bits per heavy atom. The van der Waals surface area contributed by atoms with E-state index in [1.54, 1.807) is 0 Å². The summed E-state index contributed by atoms with van der Waals surface area (Å²) >= 11 is 0. The zero-order valence-electron chi connectivity index (χ0n) is 19.3. The second-order valence-corrected chi connectivity index (χ2v) is 11.0. The van der Waals surface area contributed by atoms with Crippen LogP contribution in [0.3, 0.4) is 0 Å². The second-order valence-electron chi connectivity index (χ2n) is 11.0. The number of hydrogen-bond acceptors (Lipinski definition) is 4. The molecule has 6 heteroatoms. The maximum atomic E-state index is 13.4. The van der Waals surface area contributed by atoms with Gasteiger partial charge in [0.05, 0.1) is 16.5 Å². The van der Waals surface area contributed by atoms with Gasteiger partial charge in [0.2, 0.25) is 5.91 Å². The summed E-state index contributed by atoms with van der Waals surface area (Å²) in [7, 11) is 0. The van der Waals surface area contributed by atoms with Gasteiger partial charge in [-0.25, -0.2) is 0 Å². The number of nitrogens with one attached hydrogen (secondary N) is 1. The van der Waals surface area contributed by atoms with Gasteiger partial charge in [0.1, 0.15) is 5.76 Å². The number of carbonyl (C=O) groups excluding carboxylic acids is 1. The fourth-order valence-corrected chi connectivity index (χ4v) is 6.93. The molecule has 32 heavy (non-hydrogen) atoms. The van der Waals surface area contributed by atoms with Gasteiger partial charge < -0.3 is 14.9 Å². The van der Waals surface area contributed by atoms with Crippen LogP contribution in [0.1, 0.15) is 63.0 Å². The van der Waals surface area contributed by atoms with E-state index in [2.05, 4.69) is 10.5 Å². The lowest BCUT2D eigenvalue weighted by Gasteiger charge is -2.58. The fraction of sp³-hybridized carbons (Fsp3) is 0.577. The van der Waals surface area contributed by atoms with Crippen LogP contribution in [0.4, 0.5) is 0 Å². The molecular formula is C26H32N2O4. The molecule has 2 N–H and O–H groups in total. The molecule has 4 bridgehead atoms. The number of rotatable bonds is 5. The zero-order valence-corrected chi connectivity index (χ0v) is 19.3. The Hall–Kier alpha value is -2.63. The lowest BCUT2D eigenvalue weighted by molar-refractivity contribution is -0.168. The molecule has 4 fully saturated rings. The average molecular weight is 437 g/mol. The van der Waals surface area contributed by atoms with Crippen LogP contribution in [0.2, 0.25) is 0 Å². The average Bonchev–Trinajstić information content (AvgIpc) is 3.08. The Labute approximate surface area is 188 Å². The molecule has 2 aromatic rings. The molecule has 6 nitrogen and oxygen atoms in total. The normalized spacial score (nSPS) is 31.0. The minimum Gasteiger partial charge on any atom is -0.481 e. The maximum absolute atomic E-state index is 13.4. The molecule has 6 rings (SSSR count). The summed E-state index contributed by atoms with van der Waals surface area (Å²) in [4.78, 5) is 25.4. The number of nitrogens with zero attached hydrogens (tertiary/aromatic N) is 1. The standard InChI is InChI=1S/C26H32N2O4/c1-14-21(15(2)32-28-14)17-5-7-20(8-6-17)25(3,4)23(29)27-22-18-9-16-10-19(22)13-26(11-16,12-18)24(30)31/h5-8,16,18-19,22H,9-13H2,1-4H3,(H,27,29)(H,30,31). The van der Waals surface area contributed by atoms with Gasteiger partial charge in [-0.15, -0.1) is 0 Å². The van der Waals surface area contributed by atoms with Crippen LogP contribution in [0.5, 0.6) is 0 Å². The van der Waals surface area contributed by atoms with Crippen molar-refractivity contribution in [2.75, 3.05) is 0 Å². The van der Waals surface area contributed by atoms with Crippen LogP contribution >= 0.6 is 0 Å². The van der Waals surface area contributed by atoms with Gasteiger partial charge in [0.15, 0.2) is 0 Å². The van der Waals surface area contributed by atoms with Crippen molar-refractivity contribution in [2.24, 2.45) is 23.2 Å². The summed E-state index contributed by atoms with van der Waals surface area (Å²) in [5.74, 6) is 1.22. The summed E-state index contributed by atoms with van der Waals surface area (Å²) in [6.07, 6.45) is 4.31. The molecule has 1 aromatic carbocycles. The molecule has 1 heterocycles. The van der Waals surface area contributed by atoms with Crippen LogP contribution in [-0.4, -0.2) is 28.2 Å². The number of hydrogen-bond donors (Lipinski definition) is 2. The van der Waals surface area contributed by atoms with Crippen molar-refractivity contribution in [1.29, 1.82) is 0 Å². The first-order chi connectivity index (χ1) is 15.1. The van der Waals surface area contributed by atoms with Crippen LogP contribution in [0.15, 0.2) is 28.8 Å². The third kappa shape index (κ3) is 3.18. The summed E-state index contributed by atoms with van der Waals surface area (Å²) in [6, 6.07) is 8.16. The first kappa shape index (κ1) is 21.2. The summed E-state index contributed by atoms with van der Waals surface area (Å²) in [6.45, 7) is 7.75. The quantitative estimate of drug-likeness (QED) is 0.713. The van der Waals surface area contributed by atoms with Gasteiger partial charge in [-0.3, -0.25) is 9.59 Å². The van der Waals surface area contributed by atoms with Crippen LogP contribution in [0, 0.1) is 37.0 Å². The van der Waals surface area contributed by atoms with Gasteiger partial charge in [0, 0.05) is 11.6 Å². The van der Waals surface area contributed by atoms with E-state index < -0.39 is 16.8 Å². The van der Waals surface area contributed by atoms with Crippen molar-refractivity contribution in [3.63, 3.8) is 0 Å². The van der Waals surface area contributed by atoms with Gasteiger partial charge in [-0.1, -0.05) is 29.4 Å². The summed E-state index contributed by atoms with van der Waals surface area (Å²) in [5.41, 5.74) is 2.60. The van der Waals surface area contributed by atoms with E-state index in [9.17, 15) is 14.7 Å².